The molecule has 0 aliphatic carbocycles. The summed E-state index contributed by atoms with van der Waals surface area (Å²) in [6.07, 6.45) is -2.38. The molecule has 2 rings (SSSR count). The van der Waals surface area contributed by atoms with E-state index in [9.17, 15) is 8.78 Å². The highest BCUT2D eigenvalue weighted by Gasteiger charge is 2.14. The molecule has 1 aromatic heterocycles. The second-order valence-corrected chi connectivity index (χ2v) is 4.63. The quantitative estimate of drug-likeness (QED) is 0.654. The summed E-state index contributed by atoms with van der Waals surface area (Å²) in [6, 6.07) is 5.26. The lowest BCUT2D eigenvalue weighted by Gasteiger charge is -2.02. The summed E-state index contributed by atoms with van der Waals surface area (Å²) in [5.41, 5.74) is 1.22. The summed E-state index contributed by atoms with van der Waals surface area (Å²) in [5.74, 6) is 0. The van der Waals surface area contributed by atoms with E-state index in [0.717, 1.165) is 20.5 Å². The van der Waals surface area contributed by atoms with E-state index in [0.29, 0.717) is 0 Å². The maximum atomic E-state index is 12.6. The lowest BCUT2D eigenvalue weighted by atomic mass is 10.1. The lowest BCUT2D eigenvalue weighted by Crippen LogP contribution is -1.84. The van der Waals surface area contributed by atoms with Gasteiger partial charge in [0.25, 0.3) is 6.43 Å². The van der Waals surface area contributed by atoms with E-state index in [4.69, 9.17) is 0 Å². The smallest absolute Gasteiger partial charge is 0.205 e. The third-order valence-corrected chi connectivity index (χ3v) is 3.39. The summed E-state index contributed by atoms with van der Waals surface area (Å²) in [6.45, 7) is 3.89. The van der Waals surface area contributed by atoms with Gasteiger partial charge in [0.05, 0.1) is 0 Å². The van der Waals surface area contributed by atoms with Crippen LogP contribution in [-0.2, 0) is 0 Å². The third-order valence-electron chi connectivity index (χ3n) is 2.29. The van der Waals surface area contributed by atoms with Crippen LogP contribution < -0.4 is 0 Å². The Balaban J connectivity index is 2.81. The molecule has 0 radical (unpaired) electrons. The Morgan fingerprint density at radius 2 is 1.93 bits per heavy atom. The van der Waals surface area contributed by atoms with Crippen LogP contribution in [0.15, 0.2) is 18.2 Å². The first-order chi connectivity index (χ1) is 6.59. The van der Waals surface area contributed by atoms with Crippen molar-refractivity contribution in [3.05, 3.63) is 34.2 Å². The minimum absolute atomic E-state index is 0.156. The first-order valence-corrected chi connectivity index (χ1v) is 5.19. The zero-order valence-electron chi connectivity index (χ0n) is 7.97. The van der Waals surface area contributed by atoms with Crippen LogP contribution in [0.5, 0.6) is 0 Å². The summed E-state index contributed by atoms with van der Waals surface area (Å²) in [7, 11) is 0. The molecule has 1 aromatic carbocycles. The standard InChI is InChI=1S/C11H10F2S/c1-6-3-4-8(11(12)13)10-9(6)5-7(2)14-10/h3-5,11H,1-2H3. The predicted octanol–water partition coefficient (Wildman–Crippen LogP) is 4.46. The van der Waals surface area contributed by atoms with Crippen LogP contribution in [-0.4, -0.2) is 0 Å². The number of hydrogen-bond acceptors (Lipinski definition) is 1. The number of fused-ring (bicyclic) bond motifs is 1. The van der Waals surface area contributed by atoms with Gasteiger partial charge in [-0.1, -0.05) is 12.1 Å². The third kappa shape index (κ3) is 1.42. The van der Waals surface area contributed by atoms with E-state index in [1.807, 2.05) is 19.9 Å². The largest absolute Gasteiger partial charge is 0.265 e. The van der Waals surface area contributed by atoms with Gasteiger partial charge >= 0.3 is 0 Å². The Labute approximate surface area is 85.2 Å². The van der Waals surface area contributed by atoms with Crippen LogP contribution in [0.3, 0.4) is 0 Å². The van der Waals surface area contributed by atoms with Crippen molar-refractivity contribution in [2.24, 2.45) is 0 Å². The number of rotatable bonds is 1. The van der Waals surface area contributed by atoms with Gasteiger partial charge in [0.15, 0.2) is 0 Å². The zero-order valence-corrected chi connectivity index (χ0v) is 8.79. The molecular formula is C11H10F2S. The monoisotopic (exact) mass is 212 g/mol. The molecule has 3 heteroatoms. The molecule has 0 unspecified atom stereocenters. The van der Waals surface area contributed by atoms with Crippen molar-refractivity contribution in [2.45, 2.75) is 20.3 Å². The summed E-state index contributed by atoms with van der Waals surface area (Å²) in [5, 5.41) is 0.963. The van der Waals surface area contributed by atoms with Crippen molar-refractivity contribution in [2.75, 3.05) is 0 Å². The van der Waals surface area contributed by atoms with Gasteiger partial charge < -0.3 is 0 Å². The average Bonchev–Trinajstić information content (AvgIpc) is 2.47. The molecule has 0 saturated heterocycles. The fourth-order valence-corrected chi connectivity index (χ4v) is 2.68. The minimum atomic E-state index is -2.38. The first kappa shape index (κ1) is 9.59. The van der Waals surface area contributed by atoms with Gasteiger partial charge in [0.2, 0.25) is 0 Å². The average molecular weight is 212 g/mol. The minimum Gasteiger partial charge on any atom is -0.205 e. The topological polar surface area (TPSA) is 0 Å². The highest BCUT2D eigenvalue weighted by Crippen LogP contribution is 2.35. The highest BCUT2D eigenvalue weighted by atomic mass is 32.1. The maximum Gasteiger partial charge on any atom is 0.265 e. The highest BCUT2D eigenvalue weighted by molar-refractivity contribution is 7.19. The van der Waals surface area contributed by atoms with Crippen LogP contribution in [0.25, 0.3) is 10.1 Å². The van der Waals surface area contributed by atoms with Gasteiger partial charge in [0.1, 0.15) is 0 Å². The Morgan fingerprint density at radius 3 is 2.57 bits per heavy atom. The SMILES string of the molecule is Cc1cc2c(C)ccc(C(F)F)c2s1. The van der Waals surface area contributed by atoms with Gasteiger partial charge in [-0.15, -0.1) is 11.3 Å². The van der Waals surface area contributed by atoms with Gasteiger partial charge in [0, 0.05) is 15.1 Å². The maximum absolute atomic E-state index is 12.6. The van der Waals surface area contributed by atoms with Gasteiger partial charge in [-0.3, -0.25) is 0 Å². The van der Waals surface area contributed by atoms with Crippen LogP contribution in [0, 0.1) is 13.8 Å². The first-order valence-electron chi connectivity index (χ1n) is 4.37. The molecule has 0 amide bonds. The molecule has 1 heterocycles. The molecule has 74 valence electrons. The number of benzene rings is 1. The number of alkyl halides is 2. The molecule has 0 aliphatic heterocycles. The predicted molar refractivity (Wildman–Crippen MR) is 56.3 cm³/mol. The summed E-state index contributed by atoms with van der Waals surface area (Å²) < 4.78 is 26.0. The Hall–Kier alpha value is -0.960. The number of thiophene rings is 1. The number of aryl methyl sites for hydroxylation is 2. The Bertz CT molecular complexity index is 471. The fraction of sp³-hybridized carbons (Fsp3) is 0.273. The van der Waals surface area contributed by atoms with Crippen LogP contribution in [0.1, 0.15) is 22.4 Å². The molecule has 0 nitrogen and oxygen atoms in total. The van der Waals surface area contributed by atoms with Crippen molar-refractivity contribution in [1.29, 1.82) is 0 Å². The molecule has 0 fully saturated rings. The van der Waals surface area contributed by atoms with Crippen molar-refractivity contribution < 1.29 is 8.78 Å². The lowest BCUT2D eigenvalue weighted by molar-refractivity contribution is 0.153. The van der Waals surface area contributed by atoms with Crippen LogP contribution in [0.2, 0.25) is 0 Å². The van der Waals surface area contributed by atoms with E-state index in [1.54, 1.807) is 6.07 Å². The zero-order chi connectivity index (χ0) is 10.3. The molecule has 0 saturated carbocycles. The molecule has 0 aliphatic rings. The van der Waals surface area contributed by atoms with E-state index in [-0.39, 0.29) is 5.56 Å². The van der Waals surface area contributed by atoms with Crippen LogP contribution >= 0.6 is 11.3 Å². The van der Waals surface area contributed by atoms with Gasteiger partial charge in [-0.25, -0.2) is 8.78 Å². The molecule has 0 N–H and O–H groups in total. The molecule has 0 bridgehead atoms. The second-order valence-electron chi connectivity index (χ2n) is 3.37. The summed E-state index contributed by atoms with van der Waals surface area (Å²) >= 11 is 1.44. The molecule has 0 atom stereocenters. The Morgan fingerprint density at radius 1 is 1.21 bits per heavy atom. The summed E-state index contributed by atoms with van der Waals surface area (Å²) in [4.78, 5) is 1.08. The van der Waals surface area contributed by atoms with E-state index >= 15 is 0 Å². The van der Waals surface area contributed by atoms with E-state index < -0.39 is 6.43 Å². The number of hydrogen-bond donors (Lipinski definition) is 0. The van der Waals surface area contributed by atoms with Crippen molar-refractivity contribution in [3.8, 4) is 0 Å². The molecule has 0 spiro atoms. The van der Waals surface area contributed by atoms with Crippen LogP contribution in [0.4, 0.5) is 8.78 Å². The van der Waals surface area contributed by atoms with Gasteiger partial charge in [-0.05, 0) is 30.9 Å². The van der Waals surface area contributed by atoms with E-state index in [2.05, 4.69) is 0 Å². The Kier molecular flexibility index (Phi) is 2.27. The van der Waals surface area contributed by atoms with Crippen molar-refractivity contribution in [1.82, 2.24) is 0 Å². The van der Waals surface area contributed by atoms with Crippen molar-refractivity contribution >= 4 is 21.4 Å². The van der Waals surface area contributed by atoms with Crippen molar-refractivity contribution in [3.63, 3.8) is 0 Å². The number of halogens is 2. The molecule has 2 aromatic rings. The van der Waals surface area contributed by atoms with E-state index in [1.165, 1.54) is 17.4 Å². The normalized spacial score (nSPS) is 11.5. The fourth-order valence-electron chi connectivity index (χ4n) is 1.57. The molecule has 14 heavy (non-hydrogen) atoms. The second kappa shape index (κ2) is 3.31. The van der Waals surface area contributed by atoms with Gasteiger partial charge in [-0.2, -0.15) is 0 Å². The molecular weight excluding hydrogens is 202 g/mol.